The molecule has 1 aromatic rings. The lowest BCUT2D eigenvalue weighted by atomic mass is 10.2. The van der Waals surface area contributed by atoms with Crippen LogP contribution in [0.25, 0.3) is 0 Å². The van der Waals surface area contributed by atoms with E-state index in [9.17, 15) is 10.1 Å². The SMILES string of the molecule is CCCCCNc1cccc(OC(C)C)c1[N+](=O)[O-]. The average Bonchev–Trinajstić information content (AvgIpc) is 2.33. The van der Waals surface area contributed by atoms with Crippen molar-refractivity contribution in [3.05, 3.63) is 28.3 Å². The zero-order valence-corrected chi connectivity index (χ0v) is 11.8. The molecule has 19 heavy (non-hydrogen) atoms. The van der Waals surface area contributed by atoms with Gasteiger partial charge in [-0.1, -0.05) is 25.8 Å². The van der Waals surface area contributed by atoms with Gasteiger partial charge in [-0.3, -0.25) is 10.1 Å². The first-order chi connectivity index (χ1) is 9.06. The number of rotatable bonds is 8. The van der Waals surface area contributed by atoms with Gasteiger partial charge >= 0.3 is 5.69 Å². The molecule has 0 bridgehead atoms. The van der Waals surface area contributed by atoms with Gasteiger partial charge in [-0.15, -0.1) is 0 Å². The summed E-state index contributed by atoms with van der Waals surface area (Å²) in [6.45, 7) is 6.56. The number of ether oxygens (including phenoxy) is 1. The van der Waals surface area contributed by atoms with Crippen LogP contribution in [0.3, 0.4) is 0 Å². The fraction of sp³-hybridized carbons (Fsp3) is 0.571. The molecular formula is C14H22N2O3. The number of hydrogen-bond donors (Lipinski definition) is 1. The van der Waals surface area contributed by atoms with Crippen molar-refractivity contribution < 1.29 is 9.66 Å². The Balaban J connectivity index is 2.87. The number of unbranched alkanes of at least 4 members (excludes halogenated alkanes) is 2. The molecule has 0 fully saturated rings. The van der Waals surface area contributed by atoms with Gasteiger partial charge in [0.2, 0.25) is 0 Å². The van der Waals surface area contributed by atoms with Crippen LogP contribution in [0.2, 0.25) is 0 Å². The smallest absolute Gasteiger partial charge is 0.333 e. The number of benzene rings is 1. The number of nitro benzene ring substituents is 1. The second kappa shape index (κ2) is 7.61. The third kappa shape index (κ3) is 4.77. The van der Waals surface area contributed by atoms with Crippen LogP contribution in [-0.4, -0.2) is 17.6 Å². The van der Waals surface area contributed by atoms with Crippen LogP contribution in [0.15, 0.2) is 18.2 Å². The zero-order chi connectivity index (χ0) is 14.3. The Bertz CT molecular complexity index is 419. The van der Waals surface area contributed by atoms with Crippen LogP contribution >= 0.6 is 0 Å². The lowest BCUT2D eigenvalue weighted by molar-refractivity contribution is -0.385. The zero-order valence-electron chi connectivity index (χ0n) is 11.8. The van der Waals surface area contributed by atoms with E-state index >= 15 is 0 Å². The molecule has 0 spiro atoms. The molecule has 0 aliphatic heterocycles. The molecule has 0 radical (unpaired) electrons. The number of nitrogens with zero attached hydrogens (tertiary/aromatic N) is 1. The molecule has 0 saturated carbocycles. The van der Waals surface area contributed by atoms with Crippen LogP contribution in [0, 0.1) is 10.1 Å². The number of hydrogen-bond acceptors (Lipinski definition) is 4. The minimum absolute atomic E-state index is 0.0210. The Kier molecular flexibility index (Phi) is 6.12. The third-order valence-electron chi connectivity index (χ3n) is 2.64. The minimum atomic E-state index is -0.389. The predicted octanol–water partition coefficient (Wildman–Crippen LogP) is 3.98. The van der Waals surface area contributed by atoms with Gasteiger partial charge in [0, 0.05) is 6.54 Å². The molecule has 0 aliphatic rings. The van der Waals surface area contributed by atoms with Crippen molar-refractivity contribution in [1.29, 1.82) is 0 Å². The summed E-state index contributed by atoms with van der Waals surface area (Å²) >= 11 is 0. The predicted molar refractivity (Wildman–Crippen MR) is 76.9 cm³/mol. The van der Waals surface area contributed by atoms with Crippen LogP contribution in [0.1, 0.15) is 40.0 Å². The van der Waals surface area contributed by atoms with Gasteiger partial charge in [-0.25, -0.2) is 0 Å². The maximum Gasteiger partial charge on any atom is 0.333 e. The first-order valence-corrected chi connectivity index (χ1v) is 6.74. The highest BCUT2D eigenvalue weighted by Gasteiger charge is 2.21. The summed E-state index contributed by atoms with van der Waals surface area (Å²) in [5.74, 6) is 0.320. The van der Waals surface area contributed by atoms with Crippen molar-refractivity contribution in [3.63, 3.8) is 0 Å². The van der Waals surface area contributed by atoms with E-state index in [2.05, 4.69) is 12.2 Å². The molecule has 0 heterocycles. The Hall–Kier alpha value is -1.78. The molecule has 5 nitrogen and oxygen atoms in total. The first kappa shape index (κ1) is 15.3. The average molecular weight is 266 g/mol. The van der Waals surface area contributed by atoms with E-state index in [1.165, 1.54) is 0 Å². The van der Waals surface area contributed by atoms with Crippen molar-refractivity contribution in [2.75, 3.05) is 11.9 Å². The summed E-state index contributed by atoms with van der Waals surface area (Å²) in [6, 6.07) is 5.12. The van der Waals surface area contributed by atoms with E-state index in [-0.39, 0.29) is 16.7 Å². The third-order valence-corrected chi connectivity index (χ3v) is 2.64. The molecular weight excluding hydrogens is 244 g/mol. The Morgan fingerprint density at radius 1 is 1.37 bits per heavy atom. The second-order valence-corrected chi connectivity index (χ2v) is 4.71. The largest absolute Gasteiger partial charge is 0.484 e. The van der Waals surface area contributed by atoms with Gasteiger partial charge in [0.25, 0.3) is 0 Å². The number of para-hydroxylation sites is 1. The van der Waals surface area contributed by atoms with Gasteiger partial charge in [0.15, 0.2) is 5.75 Å². The standard InChI is InChI=1S/C14H22N2O3/c1-4-5-6-10-15-12-8-7-9-13(19-11(2)3)14(12)16(17)18/h7-9,11,15H,4-6,10H2,1-3H3. The molecule has 0 amide bonds. The number of nitrogens with one attached hydrogen (secondary N) is 1. The van der Waals surface area contributed by atoms with Crippen molar-refractivity contribution in [1.82, 2.24) is 0 Å². The molecule has 0 aromatic heterocycles. The number of nitro groups is 1. The minimum Gasteiger partial charge on any atom is -0.484 e. The van der Waals surface area contributed by atoms with E-state index in [0.29, 0.717) is 11.4 Å². The maximum atomic E-state index is 11.2. The molecule has 1 N–H and O–H groups in total. The van der Waals surface area contributed by atoms with Crippen LogP contribution in [-0.2, 0) is 0 Å². The van der Waals surface area contributed by atoms with Crippen molar-refractivity contribution in [2.24, 2.45) is 0 Å². The van der Waals surface area contributed by atoms with Crippen LogP contribution < -0.4 is 10.1 Å². The quantitative estimate of drug-likeness (QED) is 0.439. The molecule has 0 aliphatic carbocycles. The first-order valence-electron chi connectivity index (χ1n) is 6.74. The van der Waals surface area contributed by atoms with Gasteiger partial charge in [0.05, 0.1) is 11.0 Å². The highest BCUT2D eigenvalue weighted by Crippen LogP contribution is 2.35. The van der Waals surface area contributed by atoms with Crippen molar-refractivity contribution >= 4 is 11.4 Å². The van der Waals surface area contributed by atoms with E-state index in [1.54, 1.807) is 18.2 Å². The van der Waals surface area contributed by atoms with Crippen molar-refractivity contribution in [3.8, 4) is 5.75 Å². The molecule has 0 unspecified atom stereocenters. The summed E-state index contributed by atoms with van der Waals surface area (Å²) in [5, 5.41) is 14.3. The highest BCUT2D eigenvalue weighted by molar-refractivity contribution is 5.68. The fourth-order valence-electron chi connectivity index (χ4n) is 1.80. The van der Waals surface area contributed by atoms with E-state index < -0.39 is 0 Å². The molecule has 5 heteroatoms. The summed E-state index contributed by atoms with van der Waals surface area (Å²) in [4.78, 5) is 10.8. The Morgan fingerprint density at radius 2 is 2.11 bits per heavy atom. The molecule has 0 saturated heterocycles. The van der Waals surface area contributed by atoms with Gasteiger partial charge in [-0.2, -0.15) is 0 Å². The van der Waals surface area contributed by atoms with Gasteiger partial charge < -0.3 is 10.1 Å². The lowest BCUT2D eigenvalue weighted by Crippen LogP contribution is -2.10. The van der Waals surface area contributed by atoms with Gasteiger partial charge in [0.1, 0.15) is 5.69 Å². The van der Waals surface area contributed by atoms with Crippen LogP contribution in [0.4, 0.5) is 11.4 Å². The molecule has 0 atom stereocenters. The summed E-state index contributed by atoms with van der Waals surface area (Å²) in [6.07, 6.45) is 3.15. The Labute approximate surface area is 114 Å². The molecule has 1 rings (SSSR count). The highest BCUT2D eigenvalue weighted by atomic mass is 16.6. The second-order valence-electron chi connectivity index (χ2n) is 4.71. The lowest BCUT2D eigenvalue weighted by Gasteiger charge is -2.13. The molecule has 106 valence electrons. The van der Waals surface area contributed by atoms with Crippen LogP contribution in [0.5, 0.6) is 5.75 Å². The normalized spacial score (nSPS) is 10.5. The monoisotopic (exact) mass is 266 g/mol. The molecule has 1 aromatic carbocycles. The number of anilines is 1. The van der Waals surface area contributed by atoms with E-state index in [4.69, 9.17) is 4.74 Å². The fourth-order valence-corrected chi connectivity index (χ4v) is 1.80. The summed E-state index contributed by atoms with van der Waals surface area (Å²) in [7, 11) is 0. The van der Waals surface area contributed by atoms with Gasteiger partial charge in [-0.05, 0) is 32.4 Å². The summed E-state index contributed by atoms with van der Waals surface area (Å²) < 4.78 is 5.49. The van der Waals surface area contributed by atoms with E-state index in [0.717, 1.165) is 25.8 Å². The van der Waals surface area contributed by atoms with E-state index in [1.807, 2.05) is 13.8 Å². The van der Waals surface area contributed by atoms with Crippen molar-refractivity contribution in [2.45, 2.75) is 46.1 Å². The summed E-state index contributed by atoms with van der Waals surface area (Å²) in [5.41, 5.74) is 0.548. The maximum absolute atomic E-state index is 11.2. The Morgan fingerprint density at radius 3 is 2.68 bits per heavy atom. The topological polar surface area (TPSA) is 64.4 Å².